The molecule has 66 valence electrons. The summed E-state index contributed by atoms with van der Waals surface area (Å²) < 4.78 is 0. The van der Waals surface area contributed by atoms with E-state index >= 15 is 0 Å². The summed E-state index contributed by atoms with van der Waals surface area (Å²) in [5.41, 5.74) is 0.285. The van der Waals surface area contributed by atoms with E-state index in [9.17, 15) is 0 Å². The van der Waals surface area contributed by atoms with Crippen molar-refractivity contribution in [1.82, 2.24) is 4.98 Å². The molecular weight excluding hydrogens is 164 g/mol. The molecule has 3 heteroatoms. The summed E-state index contributed by atoms with van der Waals surface area (Å²) in [5.74, 6) is 0.0763. The predicted molar refractivity (Wildman–Crippen MR) is 46.7 cm³/mol. The van der Waals surface area contributed by atoms with E-state index < -0.39 is 5.41 Å². The van der Waals surface area contributed by atoms with Crippen molar-refractivity contribution in [2.75, 3.05) is 6.61 Å². The van der Waals surface area contributed by atoms with Crippen LogP contribution in [-0.2, 0) is 5.41 Å². The summed E-state index contributed by atoms with van der Waals surface area (Å²) >= 11 is 0. The fourth-order valence-electron chi connectivity index (χ4n) is 1.68. The molecule has 1 aromatic heterocycles. The zero-order valence-corrected chi connectivity index (χ0v) is 7.14. The SMILES string of the molecule is N#CC1(c2ccccn2)CC1CO. The first kappa shape index (κ1) is 8.21. The number of aliphatic hydroxyl groups excluding tert-OH is 1. The van der Waals surface area contributed by atoms with Crippen LogP contribution in [0.3, 0.4) is 0 Å². The van der Waals surface area contributed by atoms with Crippen molar-refractivity contribution in [3.63, 3.8) is 0 Å². The number of aromatic nitrogens is 1. The fourth-order valence-corrected chi connectivity index (χ4v) is 1.68. The van der Waals surface area contributed by atoms with E-state index in [0.29, 0.717) is 0 Å². The summed E-state index contributed by atoms with van der Waals surface area (Å²) in [5, 5.41) is 18.0. The Morgan fingerprint density at radius 2 is 2.54 bits per heavy atom. The Balaban J connectivity index is 2.32. The highest BCUT2D eigenvalue weighted by Gasteiger charge is 2.56. The summed E-state index contributed by atoms with van der Waals surface area (Å²) in [6.07, 6.45) is 2.41. The molecule has 1 heterocycles. The molecule has 1 saturated carbocycles. The molecule has 1 N–H and O–H groups in total. The quantitative estimate of drug-likeness (QED) is 0.723. The van der Waals surface area contributed by atoms with Crippen molar-refractivity contribution in [2.45, 2.75) is 11.8 Å². The van der Waals surface area contributed by atoms with E-state index in [1.165, 1.54) is 0 Å². The van der Waals surface area contributed by atoms with Gasteiger partial charge in [0.05, 0.1) is 11.8 Å². The molecule has 0 spiro atoms. The monoisotopic (exact) mass is 174 g/mol. The van der Waals surface area contributed by atoms with Gasteiger partial charge in [-0.25, -0.2) is 0 Å². The molecule has 0 saturated heterocycles. The molecule has 0 bridgehead atoms. The van der Waals surface area contributed by atoms with Gasteiger partial charge in [-0.1, -0.05) is 6.07 Å². The van der Waals surface area contributed by atoms with Gasteiger partial charge in [-0.05, 0) is 18.6 Å². The lowest BCUT2D eigenvalue weighted by atomic mass is 10.0. The number of hydrogen-bond donors (Lipinski definition) is 1. The van der Waals surface area contributed by atoms with Gasteiger partial charge in [0, 0.05) is 18.7 Å². The van der Waals surface area contributed by atoms with E-state index in [1.54, 1.807) is 6.20 Å². The molecule has 0 aromatic carbocycles. The normalized spacial score (nSPS) is 30.9. The molecule has 0 amide bonds. The summed E-state index contributed by atoms with van der Waals surface area (Å²) in [4.78, 5) is 4.15. The van der Waals surface area contributed by atoms with Gasteiger partial charge in [0.2, 0.25) is 0 Å². The molecule has 1 aliphatic carbocycles. The zero-order valence-electron chi connectivity index (χ0n) is 7.14. The Hall–Kier alpha value is -1.40. The average molecular weight is 174 g/mol. The third-order valence-electron chi connectivity index (χ3n) is 2.65. The highest BCUT2D eigenvalue weighted by atomic mass is 16.3. The van der Waals surface area contributed by atoms with Crippen molar-refractivity contribution in [3.8, 4) is 6.07 Å². The predicted octanol–water partition coefficient (Wildman–Crippen LogP) is 0.855. The van der Waals surface area contributed by atoms with E-state index in [0.717, 1.165) is 12.1 Å². The van der Waals surface area contributed by atoms with Gasteiger partial charge in [-0.15, -0.1) is 0 Å². The first-order valence-electron chi connectivity index (χ1n) is 4.27. The van der Waals surface area contributed by atoms with Crippen molar-refractivity contribution >= 4 is 0 Å². The van der Waals surface area contributed by atoms with E-state index in [2.05, 4.69) is 11.1 Å². The van der Waals surface area contributed by atoms with Gasteiger partial charge in [0.15, 0.2) is 0 Å². The molecule has 3 nitrogen and oxygen atoms in total. The van der Waals surface area contributed by atoms with Crippen LogP contribution in [0.2, 0.25) is 0 Å². The van der Waals surface area contributed by atoms with E-state index in [4.69, 9.17) is 10.4 Å². The molecule has 1 aliphatic rings. The van der Waals surface area contributed by atoms with Crippen LogP contribution in [0.5, 0.6) is 0 Å². The Morgan fingerprint density at radius 1 is 1.69 bits per heavy atom. The molecular formula is C10H10N2O. The van der Waals surface area contributed by atoms with Gasteiger partial charge < -0.3 is 5.11 Å². The Bertz CT molecular complexity index is 344. The highest BCUT2D eigenvalue weighted by Crippen LogP contribution is 2.52. The number of nitrogens with zero attached hydrogens (tertiary/aromatic N) is 2. The maximum absolute atomic E-state index is 9.01. The standard InChI is InChI=1S/C10H10N2O/c11-7-10(5-8(10)6-13)9-3-1-2-4-12-9/h1-4,8,13H,5-6H2. The smallest absolute Gasteiger partial charge is 0.105 e. The second kappa shape index (κ2) is 2.82. The third-order valence-corrected chi connectivity index (χ3v) is 2.65. The van der Waals surface area contributed by atoms with E-state index in [-0.39, 0.29) is 12.5 Å². The number of aliphatic hydroxyl groups is 1. The maximum atomic E-state index is 9.01. The molecule has 1 fully saturated rings. The third kappa shape index (κ3) is 1.11. The number of pyridine rings is 1. The van der Waals surface area contributed by atoms with Crippen LogP contribution in [0, 0.1) is 17.2 Å². The van der Waals surface area contributed by atoms with Gasteiger partial charge in [-0.3, -0.25) is 4.98 Å². The van der Waals surface area contributed by atoms with Gasteiger partial charge in [-0.2, -0.15) is 5.26 Å². The van der Waals surface area contributed by atoms with Crippen molar-refractivity contribution in [2.24, 2.45) is 5.92 Å². The lowest BCUT2D eigenvalue weighted by Crippen LogP contribution is -2.10. The van der Waals surface area contributed by atoms with Crippen LogP contribution in [0.4, 0.5) is 0 Å². The van der Waals surface area contributed by atoms with Crippen LogP contribution in [0.1, 0.15) is 12.1 Å². The summed E-state index contributed by atoms with van der Waals surface area (Å²) in [7, 11) is 0. The minimum Gasteiger partial charge on any atom is -0.396 e. The van der Waals surface area contributed by atoms with E-state index in [1.807, 2.05) is 18.2 Å². The van der Waals surface area contributed by atoms with Crippen molar-refractivity contribution in [3.05, 3.63) is 30.1 Å². The van der Waals surface area contributed by atoms with Crippen LogP contribution in [0.15, 0.2) is 24.4 Å². The number of nitriles is 1. The summed E-state index contributed by atoms with van der Waals surface area (Å²) in [6, 6.07) is 7.79. The lowest BCUT2D eigenvalue weighted by Gasteiger charge is -2.05. The lowest BCUT2D eigenvalue weighted by molar-refractivity contribution is 0.269. The largest absolute Gasteiger partial charge is 0.396 e. The van der Waals surface area contributed by atoms with Gasteiger partial charge in [0.1, 0.15) is 5.41 Å². The number of rotatable bonds is 2. The first-order valence-corrected chi connectivity index (χ1v) is 4.27. The maximum Gasteiger partial charge on any atom is 0.105 e. The Kier molecular flexibility index (Phi) is 1.78. The van der Waals surface area contributed by atoms with Crippen molar-refractivity contribution in [1.29, 1.82) is 5.26 Å². The van der Waals surface area contributed by atoms with Gasteiger partial charge >= 0.3 is 0 Å². The molecule has 0 aliphatic heterocycles. The Labute approximate surface area is 76.7 Å². The zero-order chi connectivity index (χ0) is 9.31. The molecule has 0 radical (unpaired) electrons. The summed E-state index contributed by atoms with van der Waals surface area (Å²) in [6.45, 7) is 0.0735. The van der Waals surface area contributed by atoms with Gasteiger partial charge in [0.25, 0.3) is 0 Å². The van der Waals surface area contributed by atoms with Crippen LogP contribution in [0.25, 0.3) is 0 Å². The first-order chi connectivity index (χ1) is 6.33. The topological polar surface area (TPSA) is 56.9 Å². The molecule has 2 atom stereocenters. The highest BCUT2D eigenvalue weighted by molar-refractivity contribution is 5.36. The second-order valence-electron chi connectivity index (χ2n) is 3.38. The van der Waals surface area contributed by atoms with Crippen LogP contribution >= 0.6 is 0 Å². The minimum atomic E-state index is -0.504. The molecule has 1 aromatic rings. The van der Waals surface area contributed by atoms with Crippen LogP contribution in [-0.4, -0.2) is 16.7 Å². The fraction of sp³-hybridized carbons (Fsp3) is 0.400. The van der Waals surface area contributed by atoms with Crippen molar-refractivity contribution < 1.29 is 5.11 Å². The molecule has 13 heavy (non-hydrogen) atoms. The number of hydrogen-bond acceptors (Lipinski definition) is 3. The second-order valence-corrected chi connectivity index (χ2v) is 3.38. The average Bonchev–Trinajstić information content (AvgIpc) is 2.94. The minimum absolute atomic E-state index is 0.0735. The molecule has 2 unspecified atom stereocenters. The Morgan fingerprint density at radius 3 is 3.00 bits per heavy atom. The van der Waals surface area contributed by atoms with Crippen LogP contribution < -0.4 is 0 Å². The molecule has 2 rings (SSSR count).